The van der Waals surface area contributed by atoms with Gasteiger partial charge in [-0.05, 0) is 12.5 Å². The maximum Gasteiger partial charge on any atom is 0.224 e. The van der Waals surface area contributed by atoms with Gasteiger partial charge in [0.05, 0.1) is 13.2 Å². The van der Waals surface area contributed by atoms with Gasteiger partial charge >= 0.3 is 0 Å². The molecule has 0 aliphatic carbocycles. The fourth-order valence-corrected chi connectivity index (χ4v) is 1.43. The minimum Gasteiger partial charge on any atom is -0.395 e. The molecule has 0 bridgehead atoms. The Morgan fingerprint density at radius 2 is 2.00 bits per heavy atom. The maximum absolute atomic E-state index is 8.95. The van der Waals surface area contributed by atoms with E-state index in [9.17, 15) is 0 Å². The van der Waals surface area contributed by atoms with E-state index in [1.165, 1.54) is 0 Å². The fourth-order valence-electron chi connectivity index (χ4n) is 1.43. The average molecular weight is 240 g/mol. The summed E-state index contributed by atoms with van der Waals surface area (Å²) in [5, 5.41) is 21.0. The van der Waals surface area contributed by atoms with Crippen molar-refractivity contribution >= 4 is 11.8 Å². The molecule has 6 nitrogen and oxygen atoms in total. The molecule has 6 heteroatoms. The second kappa shape index (κ2) is 7.81. The van der Waals surface area contributed by atoms with Crippen molar-refractivity contribution in [1.29, 1.82) is 0 Å². The van der Waals surface area contributed by atoms with Crippen molar-refractivity contribution in [3.05, 3.63) is 12.3 Å². The average Bonchev–Trinajstić information content (AvgIpc) is 2.36. The van der Waals surface area contributed by atoms with Gasteiger partial charge < -0.3 is 20.4 Å². The Morgan fingerprint density at radius 3 is 2.59 bits per heavy atom. The van der Waals surface area contributed by atoms with Crippen molar-refractivity contribution in [2.24, 2.45) is 0 Å². The molecule has 0 aliphatic heterocycles. The van der Waals surface area contributed by atoms with E-state index in [4.69, 9.17) is 10.2 Å². The summed E-state index contributed by atoms with van der Waals surface area (Å²) >= 11 is 0. The van der Waals surface area contributed by atoms with Crippen molar-refractivity contribution in [1.82, 2.24) is 9.97 Å². The van der Waals surface area contributed by atoms with Crippen LogP contribution in [0.2, 0.25) is 0 Å². The summed E-state index contributed by atoms with van der Waals surface area (Å²) < 4.78 is 0. The van der Waals surface area contributed by atoms with Crippen LogP contribution in [0.5, 0.6) is 0 Å². The molecule has 3 N–H and O–H groups in total. The molecular weight excluding hydrogens is 220 g/mol. The van der Waals surface area contributed by atoms with Gasteiger partial charge in [0.25, 0.3) is 0 Å². The molecule has 1 aromatic rings. The van der Waals surface area contributed by atoms with Crippen molar-refractivity contribution < 1.29 is 10.2 Å². The minimum absolute atomic E-state index is 0.0295. The Hall–Kier alpha value is -1.40. The van der Waals surface area contributed by atoms with Crippen LogP contribution < -0.4 is 10.2 Å². The summed E-state index contributed by atoms with van der Waals surface area (Å²) in [6.45, 7) is 3.85. The van der Waals surface area contributed by atoms with Crippen LogP contribution in [-0.4, -0.2) is 53.0 Å². The molecule has 0 spiro atoms. The number of hydrogen-bond donors (Lipinski definition) is 3. The van der Waals surface area contributed by atoms with Gasteiger partial charge in [-0.1, -0.05) is 6.92 Å². The lowest BCUT2D eigenvalue weighted by molar-refractivity contribution is 0.280. The first kappa shape index (κ1) is 13.7. The third kappa shape index (κ3) is 4.54. The van der Waals surface area contributed by atoms with Crippen LogP contribution in [0.15, 0.2) is 12.3 Å². The van der Waals surface area contributed by atoms with Gasteiger partial charge in [0.1, 0.15) is 5.82 Å². The predicted octanol–water partition coefficient (Wildman–Crippen LogP) is 0.0895. The molecule has 0 atom stereocenters. The van der Waals surface area contributed by atoms with E-state index in [0.717, 1.165) is 13.0 Å². The summed E-state index contributed by atoms with van der Waals surface area (Å²) in [6.07, 6.45) is 2.67. The van der Waals surface area contributed by atoms with E-state index < -0.39 is 0 Å². The number of aromatic nitrogens is 2. The third-order valence-corrected chi connectivity index (χ3v) is 2.24. The number of nitrogens with one attached hydrogen (secondary N) is 1. The zero-order valence-electron chi connectivity index (χ0n) is 10.1. The van der Waals surface area contributed by atoms with Crippen LogP contribution in [0.4, 0.5) is 11.8 Å². The van der Waals surface area contributed by atoms with Crippen molar-refractivity contribution in [3.63, 3.8) is 0 Å². The molecule has 1 rings (SSSR count). The van der Waals surface area contributed by atoms with Gasteiger partial charge in [-0.25, -0.2) is 4.98 Å². The highest BCUT2D eigenvalue weighted by Gasteiger charge is 2.07. The Bertz CT molecular complexity index is 316. The van der Waals surface area contributed by atoms with E-state index in [-0.39, 0.29) is 13.2 Å². The highest BCUT2D eigenvalue weighted by atomic mass is 16.3. The second-order valence-electron chi connectivity index (χ2n) is 3.60. The van der Waals surface area contributed by atoms with Gasteiger partial charge in [0, 0.05) is 25.8 Å². The van der Waals surface area contributed by atoms with E-state index in [0.29, 0.717) is 24.9 Å². The molecule has 0 unspecified atom stereocenters. The largest absolute Gasteiger partial charge is 0.395 e. The van der Waals surface area contributed by atoms with Crippen LogP contribution in [0, 0.1) is 0 Å². The molecule has 0 fully saturated rings. The molecule has 0 amide bonds. The van der Waals surface area contributed by atoms with E-state index >= 15 is 0 Å². The fraction of sp³-hybridized carbons (Fsp3) is 0.636. The number of anilines is 2. The topological polar surface area (TPSA) is 81.5 Å². The van der Waals surface area contributed by atoms with Gasteiger partial charge in [-0.15, -0.1) is 0 Å². The van der Waals surface area contributed by atoms with Crippen LogP contribution in [0.1, 0.15) is 13.3 Å². The summed E-state index contributed by atoms with van der Waals surface area (Å²) in [5.41, 5.74) is 0. The van der Waals surface area contributed by atoms with Gasteiger partial charge in [0.15, 0.2) is 0 Å². The standard InChI is InChI=1S/C11H20N4O2/c1-2-4-12-11-13-5-3-10(14-11)15(6-8-16)7-9-17/h3,5,16-17H,2,4,6-9H2,1H3,(H,12,13,14). The Labute approximate surface area is 101 Å². The number of hydrogen-bond acceptors (Lipinski definition) is 6. The second-order valence-corrected chi connectivity index (χ2v) is 3.60. The molecule has 1 aromatic heterocycles. The Kier molecular flexibility index (Phi) is 6.27. The molecule has 1 heterocycles. The van der Waals surface area contributed by atoms with Crippen molar-refractivity contribution in [3.8, 4) is 0 Å². The number of aliphatic hydroxyl groups excluding tert-OH is 2. The smallest absolute Gasteiger partial charge is 0.224 e. The summed E-state index contributed by atoms with van der Waals surface area (Å²) in [6, 6.07) is 1.77. The summed E-state index contributed by atoms with van der Waals surface area (Å²) in [7, 11) is 0. The first-order valence-electron chi connectivity index (χ1n) is 5.85. The quantitative estimate of drug-likeness (QED) is 0.597. The molecule has 17 heavy (non-hydrogen) atoms. The lowest BCUT2D eigenvalue weighted by atomic mass is 10.4. The molecule has 0 radical (unpaired) electrons. The molecule has 0 saturated carbocycles. The molecular formula is C11H20N4O2. The highest BCUT2D eigenvalue weighted by molar-refractivity contribution is 5.42. The Morgan fingerprint density at radius 1 is 1.29 bits per heavy atom. The zero-order chi connectivity index (χ0) is 12.5. The van der Waals surface area contributed by atoms with Gasteiger partial charge in [-0.3, -0.25) is 0 Å². The maximum atomic E-state index is 8.95. The van der Waals surface area contributed by atoms with Crippen LogP contribution >= 0.6 is 0 Å². The molecule has 0 aliphatic rings. The monoisotopic (exact) mass is 240 g/mol. The zero-order valence-corrected chi connectivity index (χ0v) is 10.1. The molecule has 0 saturated heterocycles. The molecule has 0 aromatic carbocycles. The summed E-state index contributed by atoms with van der Waals surface area (Å²) in [5.74, 6) is 1.28. The number of rotatable bonds is 8. The lowest BCUT2D eigenvalue weighted by Gasteiger charge is -2.21. The van der Waals surface area contributed by atoms with Gasteiger partial charge in [0.2, 0.25) is 5.95 Å². The summed E-state index contributed by atoms with van der Waals surface area (Å²) in [4.78, 5) is 10.3. The number of aliphatic hydroxyl groups is 2. The number of nitrogens with zero attached hydrogens (tertiary/aromatic N) is 3. The van der Waals surface area contributed by atoms with Crippen LogP contribution in [-0.2, 0) is 0 Å². The normalized spacial score (nSPS) is 10.3. The van der Waals surface area contributed by atoms with Crippen molar-refractivity contribution in [2.45, 2.75) is 13.3 Å². The predicted molar refractivity (Wildman–Crippen MR) is 67.2 cm³/mol. The highest BCUT2D eigenvalue weighted by Crippen LogP contribution is 2.11. The lowest BCUT2D eigenvalue weighted by Crippen LogP contribution is -2.30. The van der Waals surface area contributed by atoms with Crippen LogP contribution in [0.25, 0.3) is 0 Å². The van der Waals surface area contributed by atoms with E-state index in [2.05, 4.69) is 22.2 Å². The minimum atomic E-state index is 0.0295. The van der Waals surface area contributed by atoms with E-state index in [1.54, 1.807) is 12.3 Å². The van der Waals surface area contributed by atoms with Gasteiger partial charge in [-0.2, -0.15) is 4.98 Å². The van der Waals surface area contributed by atoms with Crippen molar-refractivity contribution in [2.75, 3.05) is 43.1 Å². The third-order valence-electron chi connectivity index (χ3n) is 2.24. The first-order valence-corrected chi connectivity index (χ1v) is 5.85. The molecule has 96 valence electrons. The SMILES string of the molecule is CCCNc1nccc(N(CCO)CCO)n1. The Balaban J connectivity index is 2.72. The van der Waals surface area contributed by atoms with Crippen LogP contribution in [0.3, 0.4) is 0 Å². The van der Waals surface area contributed by atoms with E-state index in [1.807, 2.05) is 4.90 Å². The first-order chi connectivity index (χ1) is 8.31.